The van der Waals surface area contributed by atoms with Crippen molar-refractivity contribution in [2.75, 3.05) is 27.1 Å². The summed E-state index contributed by atoms with van der Waals surface area (Å²) in [5, 5.41) is 3.98. The van der Waals surface area contributed by atoms with Gasteiger partial charge in [0.15, 0.2) is 11.5 Å². The summed E-state index contributed by atoms with van der Waals surface area (Å²) in [6.45, 7) is 2.03. The molecule has 2 aromatic carbocycles. The SMILES string of the molecule is COc1cc(/C=N/NC(=O)CSc2ccc(C)cc2)cc(OC)c1OC. The van der Waals surface area contributed by atoms with E-state index in [-0.39, 0.29) is 11.7 Å². The monoisotopic (exact) mass is 374 g/mol. The maximum absolute atomic E-state index is 11.9. The summed E-state index contributed by atoms with van der Waals surface area (Å²) >= 11 is 1.46. The number of thioether (sulfide) groups is 1. The van der Waals surface area contributed by atoms with Crippen molar-refractivity contribution in [3.8, 4) is 17.2 Å². The molecule has 2 aromatic rings. The molecule has 0 aliphatic heterocycles. The number of rotatable bonds is 8. The topological polar surface area (TPSA) is 69.2 Å². The number of hydrazone groups is 1. The Morgan fingerprint density at radius 1 is 1.08 bits per heavy atom. The van der Waals surface area contributed by atoms with Crippen LogP contribution in [0.1, 0.15) is 11.1 Å². The summed E-state index contributed by atoms with van der Waals surface area (Å²) in [6.07, 6.45) is 1.53. The molecule has 0 aliphatic rings. The quantitative estimate of drug-likeness (QED) is 0.436. The van der Waals surface area contributed by atoms with Crippen LogP contribution in [0.3, 0.4) is 0 Å². The second kappa shape index (κ2) is 9.72. The highest BCUT2D eigenvalue weighted by Gasteiger charge is 2.12. The van der Waals surface area contributed by atoms with E-state index in [1.807, 2.05) is 31.2 Å². The number of aryl methyl sites for hydroxylation is 1. The lowest BCUT2D eigenvalue weighted by molar-refractivity contribution is -0.118. The van der Waals surface area contributed by atoms with Gasteiger partial charge in [-0.25, -0.2) is 5.43 Å². The van der Waals surface area contributed by atoms with Crippen LogP contribution in [-0.2, 0) is 4.79 Å². The van der Waals surface area contributed by atoms with Crippen molar-refractivity contribution in [3.63, 3.8) is 0 Å². The van der Waals surface area contributed by atoms with E-state index >= 15 is 0 Å². The van der Waals surface area contributed by atoms with Crippen molar-refractivity contribution in [2.45, 2.75) is 11.8 Å². The van der Waals surface area contributed by atoms with Gasteiger partial charge in [-0.05, 0) is 31.2 Å². The normalized spacial score (nSPS) is 10.6. The first kappa shape index (κ1) is 19.7. The fraction of sp³-hybridized carbons (Fsp3) is 0.263. The fourth-order valence-electron chi connectivity index (χ4n) is 2.17. The summed E-state index contributed by atoms with van der Waals surface area (Å²) in [6, 6.07) is 11.5. The fourth-order valence-corrected chi connectivity index (χ4v) is 2.86. The Labute approximate surface area is 157 Å². The minimum Gasteiger partial charge on any atom is -0.493 e. The maximum atomic E-state index is 11.9. The molecule has 1 amide bonds. The molecule has 0 spiro atoms. The van der Waals surface area contributed by atoms with Crippen molar-refractivity contribution in [1.29, 1.82) is 0 Å². The van der Waals surface area contributed by atoms with E-state index in [0.29, 0.717) is 22.8 Å². The minimum absolute atomic E-state index is 0.181. The van der Waals surface area contributed by atoms with Gasteiger partial charge in [-0.2, -0.15) is 5.10 Å². The molecule has 0 heterocycles. The van der Waals surface area contributed by atoms with Crippen LogP contribution in [-0.4, -0.2) is 39.2 Å². The van der Waals surface area contributed by atoms with Gasteiger partial charge in [-0.3, -0.25) is 4.79 Å². The molecule has 1 N–H and O–H groups in total. The summed E-state index contributed by atoms with van der Waals surface area (Å²) in [7, 11) is 4.63. The van der Waals surface area contributed by atoms with Crippen molar-refractivity contribution in [1.82, 2.24) is 5.43 Å². The van der Waals surface area contributed by atoms with Crippen LogP contribution in [0.5, 0.6) is 17.2 Å². The average Bonchev–Trinajstić information content (AvgIpc) is 2.66. The molecular weight excluding hydrogens is 352 g/mol. The predicted molar refractivity (Wildman–Crippen MR) is 104 cm³/mol. The van der Waals surface area contributed by atoms with Crippen molar-refractivity contribution < 1.29 is 19.0 Å². The van der Waals surface area contributed by atoms with Gasteiger partial charge >= 0.3 is 0 Å². The number of hydrogen-bond donors (Lipinski definition) is 1. The highest BCUT2D eigenvalue weighted by atomic mass is 32.2. The number of ether oxygens (including phenoxy) is 3. The maximum Gasteiger partial charge on any atom is 0.250 e. The van der Waals surface area contributed by atoms with E-state index in [1.54, 1.807) is 33.5 Å². The third-order valence-corrected chi connectivity index (χ3v) is 4.49. The lowest BCUT2D eigenvalue weighted by Crippen LogP contribution is -2.19. The second-order valence-corrected chi connectivity index (χ2v) is 6.40. The third-order valence-electron chi connectivity index (χ3n) is 3.48. The van der Waals surface area contributed by atoms with Crippen LogP contribution in [0.15, 0.2) is 46.4 Å². The largest absolute Gasteiger partial charge is 0.493 e. The van der Waals surface area contributed by atoms with E-state index in [9.17, 15) is 4.79 Å². The van der Waals surface area contributed by atoms with Crippen LogP contribution in [0.25, 0.3) is 0 Å². The van der Waals surface area contributed by atoms with Crippen LogP contribution in [0.2, 0.25) is 0 Å². The molecule has 0 saturated carbocycles. The highest BCUT2D eigenvalue weighted by Crippen LogP contribution is 2.37. The third kappa shape index (κ3) is 5.42. The molecule has 0 atom stereocenters. The molecule has 2 rings (SSSR count). The number of carbonyl (C=O) groups excluding carboxylic acids is 1. The van der Waals surface area contributed by atoms with Gasteiger partial charge in [-0.15, -0.1) is 11.8 Å². The number of amides is 1. The van der Waals surface area contributed by atoms with Crippen molar-refractivity contribution in [3.05, 3.63) is 47.5 Å². The van der Waals surface area contributed by atoms with E-state index < -0.39 is 0 Å². The Morgan fingerprint density at radius 2 is 1.69 bits per heavy atom. The number of methoxy groups -OCH3 is 3. The van der Waals surface area contributed by atoms with Gasteiger partial charge in [-0.1, -0.05) is 17.7 Å². The number of nitrogens with one attached hydrogen (secondary N) is 1. The lowest BCUT2D eigenvalue weighted by atomic mass is 10.2. The molecule has 26 heavy (non-hydrogen) atoms. The van der Waals surface area contributed by atoms with E-state index in [1.165, 1.54) is 23.5 Å². The van der Waals surface area contributed by atoms with E-state index in [0.717, 1.165) is 4.90 Å². The Morgan fingerprint density at radius 3 is 2.23 bits per heavy atom. The van der Waals surface area contributed by atoms with Crippen LogP contribution in [0, 0.1) is 6.92 Å². The first-order valence-electron chi connectivity index (χ1n) is 7.88. The molecule has 0 saturated heterocycles. The van der Waals surface area contributed by atoms with Gasteiger partial charge in [0.05, 0.1) is 33.3 Å². The highest BCUT2D eigenvalue weighted by molar-refractivity contribution is 8.00. The number of carbonyl (C=O) groups is 1. The smallest absolute Gasteiger partial charge is 0.250 e. The van der Waals surface area contributed by atoms with Gasteiger partial charge in [0.2, 0.25) is 11.7 Å². The number of nitrogens with zero attached hydrogens (tertiary/aromatic N) is 1. The van der Waals surface area contributed by atoms with Crippen molar-refractivity contribution >= 4 is 23.9 Å². The molecule has 0 aromatic heterocycles. The van der Waals surface area contributed by atoms with Gasteiger partial charge in [0.1, 0.15) is 0 Å². The minimum atomic E-state index is -0.181. The predicted octanol–water partition coefficient (Wildman–Crippen LogP) is 3.26. The van der Waals surface area contributed by atoms with E-state index in [2.05, 4.69) is 10.5 Å². The van der Waals surface area contributed by atoms with Crippen LogP contribution in [0.4, 0.5) is 0 Å². The average molecular weight is 374 g/mol. The number of hydrogen-bond acceptors (Lipinski definition) is 6. The Hall–Kier alpha value is -2.67. The number of benzene rings is 2. The summed E-state index contributed by atoms with van der Waals surface area (Å²) in [5.74, 6) is 1.66. The summed E-state index contributed by atoms with van der Waals surface area (Å²) in [5.41, 5.74) is 4.42. The zero-order valence-corrected chi connectivity index (χ0v) is 16.1. The Kier molecular flexibility index (Phi) is 7.35. The second-order valence-electron chi connectivity index (χ2n) is 5.35. The Balaban J connectivity index is 1.94. The first-order chi connectivity index (χ1) is 12.6. The molecule has 138 valence electrons. The zero-order chi connectivity index (χ0) is 18.9. The molecule has 6 nitrogen and oxygen atoms in total. The Bertz CT molecular complexity index is 751. The van der Waals surface area contributed by atoms with Gasteiger partial charge in [0.25, 0.3) is 0 Å². The molecule has 7 heteroatoms. The molecule has 0 bridgehead atoms. The summed E-state index contributed by atoms with van der Waals surface area (Å²) in [4.78, 5) is 12.9. The summed E-state index contributed by atoms with van der Waals surface area (Å²) < 4.78 is 15.8. The first-order valence-corrected chi connectivity index (χ1v) is 8.87. The molecule has 0 unspecified atom stereocenters. The molecular formula is C19H22N2O4S. The molecule has 0 aliphatic carbocycles. The molecule has 0 fully saturated rings. The van der Waals surface area contributed by atoms with Crippen molar-refractivity contribution in [2.24, 2.45) is 5.10 Å². The van der Waals surface area contributed by atoms with Gasteiger partial charge < -0.3 is 14.2 Å². The van der Waals surface area contributed by atoms with E-state index in [4.69, 9.17) is 14.2 Å². The lowest BCUT2D eigenvalue weighted by Gasteiger charge is -2.12. The van der Waals surface area contributed by atoms with Crippen LogP contribution >= 0.6 is 11.8 Å². The van der Waals surface area contributed by atoms with Crippen LogP contribution < -0.4 is 19.6 Å². The standard InChI is InChI=1S/C19H22N2O4S/c1-13-5-7-15(8-6-13)26-12-18(22)21-20-11-14-9-16(23-2)19(25-4)17(10-14)24-3/h5-11H,12H2,1-4H3,(H,21,22)/b20-11+. The zero-order valence-electron chi connectivity index (χ0n) is 15.2. The van der Waals surface area contributed by atoms with Gasteiger partial charge in [0, 0.05) is 10.5 Å². The molecule has 0 radical (unpaired) electrons.